The lowest BCUT2D eigenvalue weighted by molar-refractivity contribution is 0.330. The van der Waals surface area contributed by atoms with Gasteiger partial charge in [0.05, 0.1) is 0 Å². The molecule has 1 heteroatoms. The fourth-order valence-electron chi connectivity index (χ4n) is 3.46. The van der Waals surface area contributed by atoms with Crippen LogP contribution in [0.25, 0.3) is 0 Å². The summed E-state index contributed by atoms with van der Waals surface area (Å²) in [6.07, 6.45) is 4.54. The second-order valence-corrected chi connectivity index (χ2v) is 5.16. The Morgan fingerprint density at radius 3 is 2.31 bits per heavy atom. The van der Waals surface area contributed by atoms with Gasteiger partial charge in [-0.15, -0.1) is 0 Å². The van der Waals surface area contributed by atoms with Gasteiger partial charge in [-0.1, -0.05) is 27.2 Å². The van der Waals surface area contributed by atoms with Gasteiger partial charge in [-0.05, 0) is 43.1 Å². The molecule has 2 fully saturated rings. The maximum absolute atomic E-state index is 3.67. The summed E-state index contributed by atoms with van der Waals surface area (Å²) in [5, 5.41) is 3.67. The first-order chi connectivity index (χ1) is 6.25. The van der Waals surface area contributed by atoms with E-state index >= 15 is 0 Å². The van der Waals surface area contributed by atoms with Gasteiger partial charge in [-0.2, -0.15) is 0 Å². The molecular formula is C12H23N. The fraction of sp³-hybridized carbons (Fsp3) is 1.00. The summed E-state index contributed by atoms with van der Waals surface area (Å²) in [7, 11) is 0. The Morgan fingerprint density at radius 1 is 1.23 bits per heavy atom. The lowest BCUT2D eigenvalue weighted by Gasteiger charge is -2.23. The van der Waals surface area contributed by atoms with Crippen LogP contribution >= 0.6 is 0 Å². The summed E-state index contributed by atoms with van der Waals surface area (Å²) in [6.45, 7) is 8.09. The number of nitrogens with one attached hydrogen (secondary N) is 1. The lowest BCUT2D eigenvalue weighted by atomic mass is 9.94. The van der Waals surface area contributed by atoms with Crippen molar-refractivity contribution in [3.05, 3.63) is 0 Å². The first-order valence-electron chi connectivity index (χ1n) is 5.99. The molecular weight excluding hydrogens is 158 g/mol. The molecule has 3 unspecified atom stereocenters. The molecule has 13 heavy (non-hydrogen) atoms. The minimum absolute atomic E-state index is 0.806. The van der Waals surface area contributed by atoms with E-state index in [2.05, 4.69) is 26.1 Å². The molecule has 0 aromatic heterocycles. The van der Waals surface area contributed by atoms with E-state index in [1.54, 1.807) is 0 Å². The topological polar surface area (TPSA) is 12.0 Å². The normalized spacial score (nSPS) is 39.2. The standard InChI is InChI=1S/C12H23N/c1-4-13-12(8(2)3)11-9-6-5-7-10(9)11/h8-13H,4-7H2,1-3H3. The van der Waals surface area contributed by atoms with E-state index in [0.717, 1.165) is 36.3 Å². The molecule has 2 aliphatic rings. The van der Waals surface area contributed by atoms with Gasteiger partial charge in [-0.25, -0.2) is 0 Å². The van der Waals surface area contributed by atoms with Crippen LogP contribution in [0.2, 0.25) is 0 Å². The Kier molecular flexibility index (Phi) is 2.64. The molecule has 2 aliphatic carbocycles. The zero-order chi connectivity index (χ0) is 9.42. The van der Waals surface area contributed by atoms with Crippen molar-refractivity contribution in [1.82, 2.24) is 5.32 Å². The minimum Gasteiger partial charge on any atom is -0.314 e. The van der Waals surface area contributed by atoms with E-state index in [1.807, 2.05) is 0 Å². The van der Waals surface area contributed by atoms with E-state index in [9.17, 15) is 0 Å². The Hall–Kier alpha value is -0.0400. The van der Waals surface area contributed by atoms with Gasteiger partial charge in [0.15, 0.2) is 0 Å². The van der Waals surface area contributed by atoms with Crippen LogP contribution in [0.15, 0.2) is 0 Å². The van der Waals surface area contributed by atoms with Gasteiger partial charge >= 0.3 is 0 Å². The third-order valence-corrected chi connectivity index (χ3v) is 4.05. The van der Waals surface area contributed by atoms with Crippen molar-refractivity contribution in [2.75, 3.05) is 6.54 Å². The van der Waals surface area contributed by atoms with Gasteiger partial charge in [0.25, 0.3) is 0 Å². The Balaban J connectivity index is 1.90. The average Bonchev–Trinajstić information content (AvgIpc) is 2.59. The van der Waals surface area contributed by atoms with Crippen LogP contribution in [-0.4, -0.2) is 12.6 Å². The summed E-state index contributed by atoms with van der Waals surface area (Å²) in [5.74, 6) is 4.06. The molecule has 0 aromatic carbocycles. The van der Waals surface area contributed by atoms with Crippen LogP contribution in [0.3, 0.4) is 0 Å². The van der Waals surface area contributed by atoms with Gasteiger partial charge in [0.1, 0.15) is 0 Å². The summed E-state index contributed by atoms with van der Waals surface area (Å²) in [4.78, 5) is 0. The molecule has 0 radical (unpaired) electrons. The molecule has 0 saturated heterocycles. The highest BCUT2D eigenvalue weighted by Gasteiger charge is 2.55. The smallest absolute Gasteiger partial charge is 0.0124 e. The quantitative estimate of drug-likeness (QED) is 0.703. The van der Waals surface area contributed by atoms with Crippen molar-refractivity contribution in [2.24, 2.45) is 23.7 Å². The van der Waals surface area contributed by atoms with Gasteiger partial charge in [0, 0.05) is 6.04 Å². The number of hydrogen-bond acceptors (Lipinski definition) is 1. The van der Waals surface area contributed by atoms with Crippen molar-refractivity contribution >= 4 is 0 Å². The molecule has 2 saturated carbocycles. The SMILES string of the molecule is CCNC(C(C)C)C1C2CCCC21. The van der Waals surface area contributed by atoms with Crippen molar-refractivity contribution < 1.29 is 0 Å². The molecule has 1 N–H and O–H groups in total. The predicted octanol–water partition coefficient (Wildman–Crippen LogP) is 2.67. The monoisotopic (exact) mass is 181 g/mol. The van der Waals surface area contributed by atoms with E-state index in [-0.39, 0.29) is 0 Å². The van der Waals surface area contributed by atoms with Crippen molar-refractivity contribution in [3.8, 4) is 0 Å². The second kappa shape index (κ2) is 3.61. The highest BCUT2D eigenvalue weighted by molar-refractivity contribution is 5.06. The van der Waals surface area contributed by atoms with Gasteiger partial charge < -0.3 is 5.32 Å². The van der Waals surface area contributed by atoms with Crippen molar-refractivity contribution in [3.63, 3.8) is 0 Å². The Bertz CT molecular complexity index is 166. The molecule has 0 amide bonds. The third-order valence-electron chi connectivity index (χ3n) is 4.05. The van der Waals surface area contributed by atoms with Gasteiger partial charge in [0.2, 0.25) is 0 Å². The first kappa shape index (κ1) is 9.51. The highest BCUT2D eigenvalue weighted by atomic mass is 14.9. The molecule has 0 bridgehead atoms. The fourth-order valence-corrected chi connectivity index (χ4v) is 3.46. The van der Waals surface area contributed by atoms with Crippen LogP contribution < -0.4 is 5.32 Å². The summed E-state index contributed by atoms with van der Waals surface area (Å²) >= 11 is 0. The van der Waals surface area contributed by atoms with E-state index in [1.165, 1.54) is 19.3 Å². The highest BCUT2D eigenvalue weighted by Crippen LogP contribution is 2.59. The maximum Gasteiger partial charge on any atom is 0.0124 e. The Morgan fingerprint density at radius 2 is 1.85 bits per heavy atom. The predicted molar refractivity (Wildman–Crippen MR) is 56.6 cm³/mol. The summed E-state index contributed by atoms with van der Waals surface area (Å²) in [5.41, 5.74) is 0. The average molecular weight is 181 g/mol. The third kappa shape index (κ3) is 1.63. The molecule has 0 heterocycles. The molecule has 0 aromatic rings. The number of fused-ring (bicyclic) bond motifs is 1. The zero-order valence-electron chi connectivity index (χ0n) is 9.22. The van der Waals surface area contributed by atoms with Crippen LogP contribution in [-0.2, 0) is 0 Å². The molecule has 76 valence electrons. The summed E-state index contributed by atoms with van der Waals surface area (Å²) in [6, 6.07) is 0.806. The molecule has 1 nitrogen and oxygen atoms in total. The van der Waals surface area contributed by atoms with Crippen LogP contribution in [0.4, 0.5) is 0 Å². The maximum atomic E-state index is 3.67. The van der Waals surface area contributed by atoms with Crippen LogP contribution in [0.5, 0.6) is 0 Å². The Labute approximate surface area is 82.3 Å². The largest absolute Gasteiger partial charge is 0.314 e. The van der Waals surface area contributed by atoms with E-state index in [0.29, 0.717) is 0 Å². The number of rotatable bonds is 4. The minimum atomic E-state index is 0.806. The van der Waals surface area contributed by atoms with Crippen molar-refractivity contribution in [2.45, 2.75) is 46.1 Å². The second-order valence-electron chi connectivity index (χ2n) is 5.16. The van der Waals surface area contributed by atoms with Crippen LogP contribution in [0.1, 0.15) is 40.0 Å². The van der Waals surface area contributed by atoms with Gasteiger partial charge in [-0.3, -0.25) is 0 Å². The first-order valence-corrected chi connectivity index (χ1v) is 5.99. The number of hydrogen-bond donors (Lipinski definition) is 1. The van der Waals surface area contributed by atoms with E-state index in [4.69, 9.17) is 0 Å². The lowest BCUT2D eigenvalue weighted by Crippen LogP contribution is -2.37. The molecule has 2 rings (SSSR count). The molecule has 0 aliphatic heterocycles. The summed E-state index contributed by atoms with van der Waals surface area (Å²) < 4.78 is 0. The molecule has 3 atom stereocenters. The van der Waals surface area contributed by atoms with E-state index < -0.39 is 0 Å². The van der Waals surface area contributed by atoms with Crippen LogP contribution in [0, 0.1) is 23.7 Å². The zero-order valence-corrected chi connectivity index (χ0v) is 9.22. The molecule has 0 spiro atoms. The van der Waals surface area contributed by atoms with Crippen molar-refractivity contribution in [1.29, 1.82) is 0 Å².